The Kier molecular flexibility index (Phi) is 5.31. The number of hydrogen-bond donors (Lipinski definition) is 1. The molecule has 0 bridgehead atoms. The van der Waals surface area contributed by atoms with Crippen LogP contribution in [0.25, 0.3) is 16.6 Å². The summed E-state index contributed by atoms with van der Waals surface area (Å²) in [4.78, 5) is 25.8. The largest absolute Gasteiger partial charge is 0.494 e. The molecule has 0 fully saturated rings. The van der Waals surface area contributed by atoms with Crippen molar-refractivity contribution in [1.82, 2.24) is 19.5 Å². The molecular formula is C22H24N4O4. The molecule has 0 aliphatic heterocycles. The van der Waals surface area contributed by atoms with Gasteiger partial charge in [0.05, 0.1) is 18.4 Å². The van der Waals surface area contributed by atoms with Crippen molar-refractivity contribution in [2.75, 3.05) is 6.61 Å². The molecule has 8 heteroatoms. The van der Waals surface area contributed by atoms with E-state index in [1.54, 1.807) is 29.7 Å². The average molecular weight is 408 g/mol. The minimum absolute atomic E-state index is 0.278. The smallest absolute Gasteiger partial charge is 0.291 e. The summed E-state index contributed by atoms with van der Waals surface area (Å²) in [7, 11) is 0. The van der Waals surface area contributed by atoms with E-state index in [2.05, 4.69) is 10.4 Å². The molecule has 4 rings (SSSR count). The summed E-state index contributed by atoms with van der Waals surface area (Å²) in [6, 6.07) is 10.3. The number of fused-ring (bicyclic) bond motifs is 3. The van der Waals surface area contributed by atoms with Crippen LogP contribution in [0.3, 0.4) is 0 Å². The van der Waals surface area contributed by atoms with E-state index in [4.69, 9.17) is 9.15 Å². The van der Waals surface area contributed by atoms with E-state index in [0.29, 0.717) is 36.5 Å². The maximum Gasteiger partial charge on any atom is 0.291 e. The van der Waals surface area contributed by atoms with Crippen LogP contribution >= 0.6 is 0 Å². The van der Waals surface area contributed by atoms with Crippen molar-refractivity contribution in [3.05, 3.63) is 64.4 Å². The predicted octanol–water partition coefficient (Wildman–Crippen LogP) is 3.08. The number of carbonyl (C=O) groups is 1. The zero-order chi connectivity index (χ0) is 21.3. The number of aryl methyl sites for hydroxylation is 1. The highest BCUT2D eigenvalue weighted by Crippen LogP contribution is 2.21. The Morgan fingerprint density at radius 3 is 2.67 bits per heavy atom. The minimum atomic E-state index is -0.753. The molecule has 30 heavy (non-hydrogen) atoms. The Balaban J connectivity index is 1.57. The number of rotatable bonds is 7. The van der Waals surface area contributed by atoms with Gasteiger partial charge in [-0.1, -0.05) is 19.1 Å². The first-order valence-electron chi connectivity index (χ1n) is 10.0. The monoisotopic (exact) mass is 408 g/mol. The van der Waals surface area contributed by atoms with E-state index in [1.165, 1.54) is 4.68 Å². The summed E-state index contributed by atoms with van der Waals surface area (Å²) in [5.74, 6) is 1.20. The third-order valence-corrected chi connectivity index (χ3v) is 5.10. The van der Waals surface area contributed by atoms with Gasteiger partial charge in [0.15, 0.2) is 5.58 Å². The van der Waals surface area contributed by atoms with E-state index < -0.39 is 6.04 Å². The zero-order valence-electron chi connectivity index (χ0n) is 17.2. The molecule has 0 spiro atoms. The quantitative estimate of drug-likeness (QED) is 0.507. The Bertz CT molecular complexity index is 1250. The van der Waals surface area contributed by atoms with Gasteiger partial charge in [0.1, 0.15) is 23.1 Å². The SMILES string of the molecule is CCOc1ccc(CNC(=O)[C@H](C)n2nc(CC)n3c(cc4occc43)c2=O)cc1. The van der Waals surface area contributed by atoms with Gasteiger partial charge in [-0.2, -0.15) is 5.10 Å². The van der Waals surface area contributed by atoms with Gasteiger partial charge in [0.2, 0.25) is 5.91 Å². The summed E-state index contributed by atoms with van der Waals surface area (Å²) in [6.45, 7) is 6.51. The second-order valence-corrected chi connectivity index (χ2v) is 7.03. The fraction of sp³-hybridized carbons (Fsp3) is 0.318. The molecule has 1 N–H and O–H groups in total. The van der Waals surface area contributed by atoms with E-state index >= 15 is 0 Å². The van der Waals surface area contributed by atoms with Crippen LogP contribution in [0.1, 0.15) is 38.2 Å². The van der Waals surface area contributed by atoms with Crippen LogP contribution in [0, 0.1) is 0 Å². The van der Waals surface area contributed by atoms with Crippen molar-refractivity contribution in [2.24, 2.45) is 0 Å². The van der Waals surface area contributed by atoms with Crippen molar-refractivity contribution >= 4 is 22.5 Å². The highest BCUT2D eigenvalue weighted by Gasteiger charge is 2.22. The van der Waals surface area contributed by atoms with Crippen LogP contribution in [-0.2, 0) is 17.8 Å². The summed E-state index contributed by atoms with van der Waals surface area (Å²) in [5.41, 5.74) is 2.47. The fourth-order valence-corrected chi connectivity index (χ4v) is 3.50. The van der Waals surface area contributed by atoms with Gasteiger partial charge in [0, 0.05) is 25.1 Å². The Morgan fingerprint density at radius 2 is 1.97 bits per heavy atom. The molecule has 0 aliphatic rings. The number of benzene rings is 1. The number of amides is 1. The normalized spacial score (nSPS) is 12.4. The Morgan fingerprint density at radius 1 is 1.20 bits per heavy atom. The van der Waals surface area contributed by atoms with Crippen LogP contribution in [-0.4, -0.2) is 26.7 Å². The number of nitrogens with zero attached hydrogens (tertiary/aromatic N) is 3. The van der Waals surface area contributed by atoms with Gasteiger partial charge in [-0.3, -0.25) is 14.0 Å². The standard InChI is InChI=1S/C22H24N4O4/c1-4-20-24-26(22(28)18-12-19-17(25(18)20)10-11-30-19)14(3)21(27)23-13-15-6-8-16(9-7-15)29-5-2/h6-12,14H,4-5,13H2,1-3H3,(H,23,27)/t14-/m0/s1. The van der Waals surface area contributed by atoms with E-state index in [1.807, 2.05) is 38.1 Å². The molecule has 0 saturated heterocycles. The second kappa shape index (κ2) is 8.06. The summed E-state index contributed by atoms with van der Waals surface area (Å²) >= 11 is 0. The molecule has 3 heterocycles. The van der Waals surface area contributed by atoms with Crippen molar-refractivity contribution in [2.45, 2.75) is 39.8 Å². The Hall–Kier alpha value is -3.55. The molecule has 1 amide bonds. The highest BCUT2D eigenvalue weighted by atomic mass is 16.5. The lowest BCUT2D eigenvalue weighted by Gasteiger charge is -2.16. The van der Waals surface area contributed by atoms with Gasteiger partial charge in [-0.05, 0) is 31.5 Å². The fourth-order valence-electron chi connectivity index (χ4n) is 3.50. The molecule has 0 saturated carbocycles. The van der Waals surface area contributed by atoms with Crippen molar-refractivity contribution in [3.63, 3.8) is 0 Å². The lowest BCUT2D eigenvalue weighted by Crippen LogP contribution is -2.38. The molecule has 156 valence electrons. The van der Waals surface area contributed by atoms with Crippen LogP contribution in [0.2, 0.25) is 0 Å². The third kappa shape index (κ3) is 3.45. The highest BCUT2D eigenvalue weighted by molar-refractivity contribution is 5.83. The maximum absolute atomic E-state index is 13.0. The number of nitrogens with one attached hydrogen (secondary N) is 1. The first kappa shape index (κ1) is 19.8. The van der Waals surface area contributed by atoms with Crippen molar-refractivity contribution in [3.8, 4) is 5.75 Å². The van der Waals surface area contributed by atoms with Gasteiger partial charge in [0.25, 0.3) is 5.56 Å². The summed E-state index contributed by atoms with van der Waals surface area (Å²) < 4.78 is 13.9. The van der Waals surface area contributed by atoms with Crippen LogP contribution in [0.15, 0.2) is 51.9 Å². The summed E-state index contributed by atoms with van der Waals surface area (Å²) in [6.07, 6.45) is 2.19. The van der Waals surface area contributed by atoms with Crippen molar-refractivity contribution < 1.29 is 13.9 Å². The molecule has 1 atom stereocenters. The third-order valence-electron chi connectivity index (χ3n) is 5.10. The lowest BCUT2D eigenvalue weighted by molar-refractivity contribution is -0.124. The molecule has 1 aromatic carbocycles. The molecule has 0 unspecified atom stereocenters. The van der Waals surface area contributed by atoms with Crippen LogP contribution in [0.5, 0.6) is 5.75 Å². The number of carbonyl (C=O) groups excluding carboxylic acids is 1. The molecule has 4 aromatic rings. The first-order chi connectivity index (χ1) is 14.5. The first-order valence-corrected chi connectivity index (χ1v) is 10.0. The summed E-state index contributed by atoms with van der Waals surface area (Å²) in [5, 5.41) is 7.36. The van der Waals surface area contributed by atoms with E-state index in [0.717, 1.165) is 16.8 Å². The van der Waals surface area contributed by atoms with Gasteiger partial charge in [-0.15, -0.1) is 0 Å². The minimum Gasteiger partial charge on any atom is -0.494 e. The van der Waals surface area contributed by atoms with Crippen LogP contribution in [0.4, 0.5) is 0 Å². The van der Waals surface area contributed by atoms with Gasteiger partial charge in [-0.25, -0.2) is 4.68 Å². The molecular weight excluding hydrogens is 384 g/mol. The molecule has 8 nitrogen and oxygen atoms in total. The topological polar surface area (TPSA) is 90.8 Å². The molecule has 0 aliphatic carbocycles. The van der Waals surface area contributed by atoms with Crippen LogP contribution < -0.4 is 15.6 Å². The number of aromatic nitrogens is 3. The predicted molar refractivity (Wildman–Crippen MR) is 113 cm³/mol. The molecule has 0 radical (unpaired) electrons. The second-order valence-electron chi connectivity index (χ2n) is 7.03. The molecule has 3 aromatic heterocycles. The number of ether oxygens (including phenoxy) is 1. The van der Waals surface area contributed by atoms with E-state index in [-0.39, 0.29) is 11.5 Å². The Labute approximate surface area is 173 Å². The van der Waals surface area contributed by atoms with Crippen molar-refractivity contribution in [1.29, 1.82) is 0 Å². The maximum atomic E-state index is 13.0. The van der Waals surface area contributed by atoms with Gasteiger partial charge < -0.3 is 14.5 Å². The lowest BCUT2D eigenvalue weighted by atomic mass is 10.2. The number of hydrogen-bond acceptors (Lipinski definition) is 5. The van der Waals surface area contributed by atoms with Gasteiger partial charge >= 0.3 is 0 Å². The zero-order valence-corrected chi connectivity index (χ0v) is 17.2. The average Bonchev–Trinajstić information content (AvgIpc) is 3.35. The number of furan rings is 1. The van der Waals surface area contributed by atoms with E-state index in [9.17, 15) is 9.59 Å².